The van der Waals surface area contributed by atoms with E-state index in [-0.39, 0.29) is 22.7 Å². The highest BCUT2D eigenvalue weighted by atomic mass is 32.2. The first-order valence-electron chi connectivity index (χ1n) is 16.9. The lowest BCUT2D eigenvalue weighted by atomic mass is 10.1. The van der Waals surface area contributed by atoms with Gasteiger partial charge in [0.2, 0.25) is 0 Å². The molecule has 0 spiro atoms. The maximum atomic E-state index is 11.9. The minimum Gasteiger partial charge on any atom is -0.505 e. The lowest BCUT2D eigenvalue weighted by molar-refractivity contribution is 0.281. The molecule has 0 aromatic heterocycles. The average molecular weight is 776 g/mol. The number of nitrogens with one attached hydrogen (secondary N) is 1. The number of fused-ring (bicyclic) bond motifs is 1. The Bertz CT molecular complexity index is 2630. The van der Waals surface area contributed by atoms with Crippen LogP contribution >= 0.6 is 0 Å². The van der Waals surface area contributed by atoms with Crippen LogP contribution in [0.1, 0.15) is 16.7 Å². The molecule has 286 valence electrons. The number of rotatable bonds is 13. The number of methoxy groups -OCH3 is 3. The van der Waals surface area contributed by atoms with E-state index in [2.05, 4.69) is 36.0 Å². The fourth-order valence-corrected chi connectivity index (χ4v) is 6.27. The van der Waals surface area contributed by atoms with E-state index < -0.39 is 21.6 Å². The first-order chi connectivity index (χ1) is 26.9. The van der Waals surface area contributed by atoms with E-state index in [0.29, 0.717) is 50.8 Å². The van der Waals surface area contributed by atoms with Crippen LogP contribution in [0.2, 0.25) is 0 Å². The summed E-state index contributed by atoms with van der Waals surface area (Å²) in [6.07, 6.45) is 0. The largest absolute Gasteiger partial charge is 0.505 e. The molecular formula is C40H37N7O8S. The molecule has 16 heteroatoms. The van der Waals surface area contributed by atoms with Gasteiger partial charge in [-0.2, -0.15) is 18.6 Å². The maximum Gasteiger partial charge on any atom is 0.296 e. The summed E-state index contributed by atoms with van der Waals surface area (Å²) >= 11 is 0. The van der Waals surface area contributed by atoms with Gasteiger partial charge in [-0.1, -0.05) is 12.1 Å². The van der Waals surface area contributed by atoms with Crippen molar-refractivity contribution in [2.45, 2.75) is 25.3 Å². The predicted octanol–water partition coefficient (Wildman–Crippen LogP) is 10.9. The molecule has 0 aliphatic heterocycles. The summed E-state index contributed by atoms with van der Waals surface area (Å²) in [7, 11) is -0.0640. The number of phenols is 1. The van der Waals surface area contributed by atoms with E-state index in [1.165, 1.54) is 26.4 Å². The van der Waals surface area contributed by atoms with Crippen molar-refractivity contribution in [2.75, 3.05) is 26.6 Å². The number of benzene rings is 6. The van der Waals surface area contributed by atoms with E-state index in [9.17, 15) is 23.2 Å². The average Bonchev–Trinajstić information content (AvgIpc) is 3.19. The van der Waals surface area contributed by atoms with Crippen molar-refractivity contribution in [3.63, 3.8) is 0 Å². The van der Waals surface area contributed by atoms with Crippen LogP contribution in [0, 0.1) is 13.8 Å². The zero-order chi connectivity index (χ0) is 40.0. The zero-order valence-electron chi connectivity index (χ0n) is 30.9. The summed E-state index contributed by atoms with van der Waals surface area (Å²) in [6.45, 7) is 3.17. The van der Waals surface area contributed by atoms with E-state index in [1.807, 2.05) is 55.5 Å². The summed E-state index contributed by atoms with van der Waals surface area (Å²) in [6, 6.07) is 27.3. The minimum absolute atomic E-state index is 0.0142. The van der Waals surface area contributed by atoms with Crippen LogP contribution in [0.4, 0.5) is 45.5 Å². The van der Waals surface area contributed by atoms with E-state index in [4.69, 9.17) is 14.2 Å². The first kappa shape index (κ1) is 39.0. The Labute approximate surface area is 322 Å². The van der Waals surface area contributed by atoms with E-state index in [0.717, 1.165) is 28.6 Å². The third-order valence-corrected chi connectivity index (χ3v) is 9.51. The van der Waals surface area contributed by atoms with Crippen LogP contribution in [0.3, 0.4) is 0 Å². The van der Waals surface area contributed by atoms with Crippen molar-refractivity contribution in [3.8, 4) is 23.0 Å². The number of aliphatic hydroxyl groups excluding tert-OH is 1. The van der Waals surface area contributed by atoms with Crippen LogP contribution < -0.4 is 19.5 Å². The van der Waals surface area contributed by atoms with Crippen molar-refractivity contribution in [1.29, 1.82) is 0 Å². The van der Waals surface area contributed by atoms with Gasteiger partial charge in [0.25, 0.3) is 10.1 Å². The number of phenolic OH excluding ortho intramolecular Hbond substituents is 1. The van der Waals surface area contributed by atoms with Crippen LogP contribution in [0.25, 0.3) is 10.8 Å². The summed E-state index contributed by atoms with van der Waals surface area (Å²) in [4.78, 5) is -0.484. The fraction of sp³-hybridized carbons (Fsp3) is 0.150. The van der Waals surface area contributed by atoms with Gasteiger partial charge < -0.3 is 29.7 Å². The lowest BCUT2D eigenvalue weighted by Crippen LogP contribution is -1.99. The molecule has 56 heavy (non-hydrogen) atoms. The number of nitrogens with zero attached hydrogens (tertiary/aromatic N) is 6. The van der Waals surface area contributed by atoms with E-state index in [1.54, 1.807) is 44.4 Å². The molecule has 4 N–H and O–H groups in total. The molecule has 15 nitrogen and oxygen atoms in total. The summed E-state index contributed by atoms with van der Waals surface area (Å²) < 4.78 is 49.9. The third kappa shape index (κ3) is 8.79. The number of hydrogen-bond donors (Lipinski definition) is 4. The molecule has 6 rings (SSSR count). The lowest BCUT2D eigenvalue weighted by Gasteiger charge is -2.10. The van der Waals surface area contributed by atoms with Gasteiger partial charge in [0.15, 0.2) is 5.75 Å². The summed E-state index contributed by atoms with van der Waals surface area (Å²) in [5.74, 6) is 1.44. The molecule has 0 amide bonds. The number of hydrogen-bond acceptors (Lipinski definition) is 14. The highest BCUT2D eigenvalue weighted by molar-refractivity contribution is 7.86. The Morgan fingerprint density at radius 3 is 1.68 bits per heavy atom. The van der Waals surface area contributed by atoms with Crippen molar-refractivity contribution in [2.24, 2.45) is 30.7 Å². The van der Waals surface area contributed by atoms with Crippen LogP contribution in [0.5, 0.6) is 23.0 Å². The molecule has 0 bridgehead atoms. The summed E-state index contributed by atoms with van der Waals surface area (Å²) in [5, 5.41) is 51.0. The normalized spacial score (nSPS) is 11.9. The smallest absolute Gasteiger partial charge is 0.296 e. The monoisotopic (exact) mass is 775 g/mol. The van der Waals surface area contributed by atoms with E-state index >= 15 is 0 Å². The topological polar surface area (TPSA) is 209 Å². The molecule has 0 saturated heterocycles. The Morgan fingerprint density at radius 1 is 0.589 bits per heavy atom. The second kappa shape index (κ2) is 16.7. The van der Waals surface area contributed by atoms with Crippen molar-refractivity contribution in [1.82, 2.24) is 0 Å². The number of aliphatic hydroxyl groups is 1. The third-order valence-electron chi connectivity index (χ3n) is 8.62. The van der Waals surface area contributed by atoms with Gasteiger partial charge in [-0.15, -0.1) is 20.5 Å². The van der Waals surface area contributed by atoms with Gasteiger partial charge in [-0.3, -0.25) is 4.55 Å². The zero-order valence-corrected chi connectivity index (χ0v) is 31.7. The number of aromatic hydroxyl groups is 1. The molecule has 0 heterocycles. The molecule has 6 aromatic carbocycles. The van der Waals surface area contributed by atoms with Gasteiger partial charge in [-0.05, 0) is 109 Å². The summed E-state index contributed by atoms with van der Waals surface area (Å²) in [5.41, 5.74) is 5.16. The number of azo groups is 3. The number of aryl methyl sites for hydroxylation is 2. The van der Waals surface area contributed by atoms with Crippen LogP contribution in [-0.2, 0) is 16.7 Å². The Hall–Kier alpha value is -6.75. The minimum atomic E-state index is -4.63. The standard InChI is InChI=1S/C40H37N7O8S/c1-23-17-36(38(55-5)20-33(23)44-42-31-14-6-25(22-48)18-39(31)56(50,51)52)47-45-34-21-37(54-4)35(16-24(34)2)46-43-32-15-7-26-19-28(10-13-30(26)40(32)49)41-27-8-11-29(53-3)12-9-27/h6-21,41,48-49H,22H2,1-5H3,(H,50,51,52). The molecule has 0 aliphatic carbocycles. The Kier molecular flexibility index (Phi) is 11.6. The molecule has 0 unspecified atom stereocenters. The number of anilines is 2. The molecule has 0 aliphatic rings. The second-order valence-corrected chi connectivity index (χ2v) is 13.8. The van der Waals surface area contributed by atoms with Gasteiger partial charge in [0.05, 0.1) is 39.3 Å². The molecule has 0 fully saturated rings. The first-order valence-corrected chi connectivity index (χ1v) is 18.3. The van der Waals surface area contributed by atoms with Gasteiger partial charge in [-0.25, -0.2) is 0 Å². The van der Waals surface area contributed by atoms with Crippen LogP contribution in [-0.4, -0.2) is 44.5 Å². The molecule has 0 saturated carbocycles. The fourth-order valence-electron chi connectivity index (χ4n) is 5.59. The van der Waals surface area contributed by atoms with Crippen molar-refractivity contribution >= 4 is 66.4 Å². The predicted molar refractivity (Wildman–Crippen MR) is 212 cm³/mol. The van der Waals surface area contributed by atoms with Gasteiger partial charge >= 0.3 is 0 Å². The van der Waals surface area contributed by atoms with Gasteiger partial charge in [0, 0.05) is 28.9 Å². The highest BCUT2D eigenvalue weighted by Crippen LogP contribution is 2.41. The SMILES string of the molecule is COc1ccc(Nc2ccc3c(O)c(N=Nc4cc(C)c(N=Nc5cc(C)c(N=Nc6ccc(CO)cc6S(=O)(=O)O)cc5OC)cc4OC)ccc3c2)cc1. The van der Waals surface area contributed by atoms with Crippen molar-refractivity contribution in [3.05, 3.63) is 114 Å². The number of ether oxygens (including phenoxy) is 3. The molecule has 0 radical (unpaired) electrons. The van der Waals surface area contributed by atoms with Crippen LogP contribution in [0.15, 0.2) is 133 Å². The molecule has 0 atom stereocenters. The second-order valence-electron chi connectivity index (χ2n) is 12.4. The quantitative estimate of drug-likeness (QED) is 0.0648. The van der Waals surface area contributed by atoms with Crippen molar-refractivity contribution < 1.29 is 37.4 Å². The Morgan fingerprint density at radius 2 is 1.12 bits per heavy atom. The Balaban J connectivity index is 1.21. The molecular weight excluding hydrogens is 739 g/mol. The highest BCUT2D eigenvalue weighted by Gasteiger charge is 2.17. The van der Waals surface area contributed by atoms with Gasteiger partial charge in [0.1, 0.15) is 44.9 Å². The maximum absolute atomic E-state index is 11.9. The molecule has 6 aromatic rings.